The van der Waals surface area contributed by atoms with Crippen LogP contribution < -0.4 is 0 Å². The van der Waals surface area contributed by atoms with Crippen LogP contribution in [0.2, 0.25) is 0 Å². The van der Waals surface area contributed by atoms with Gasteiger partial charge in [-0.1, -0.05) is 231 Å². The molecule has 0 aliphatic heterocycles. The molecule has 13 rings (SSSR count). The molecule has 0 N–H and O–H groups in total. The van der Waals surface area contributed by atoms with E-state index in [0.29, 0.717) is 0 Å². The predicted octanol–water partition coefficient (Wildman–Crippen LogP) is 27.1. The highest BCUT2D eigenvalue weighted by atomic mass is 79.9. The summed E-state index contributed by atoms with van der Waals surface area (Å²) in [7, 11) is 0. The minimum absolute atomic E-state index is 0.139. The van der Waals surface area contributed by atoms with Gasteiger partial charge in [0.05, 0.1) is 0 Å². The smallest absolute Gasteiger partial charge is 0.0254 e. The van der Waals surface area contributed by atoms with Crippen LogP contribution in [0.1, 0.15) is 196 Å². The first-order valence-corrected chi connectivity index (χ1v) is 36.2. The SMILES string of the molecule is CCC1(CC)c2cc3c(Br)cc2-c2cc(Br)c(cc21)C=Cc1cc2c(cc1Br)-c1cc(Br)c(cc1C2(CC)CC)C=Cc1cc2c(cc1Br)-c1cc(Br)c(cc1C2(CC)CC)C=Cc1cc2c(cc1Br)-c1cc(Br)c(cc1C2(CC)CC)C=C3. The minimum Gasteiger partial charge on any atom is -0.0642 e. The molecule has 8 aromatic carbocycles. The van der Waals surface area contributed by atoms with Crippen LogP contribution in [0.5, 0.6) is 0 Å². The Morgan fingerprint density at radius 2 is 0.298 bits per heavy atom. The van der Waals surface area contributed by atoms with Gasteiger partial charge in [0.1, 0.15) is 0 Å². The number of hydrogen-bond donors (Lipinski definition) is 0. The number of hydrogen-bond acceptors (Lipinski definition) is 0. The van der Waals surface area contributed by atoms with Crippen LogP contribution in [-0.2, 0) is 21.7 Å². The fourth-order valence-electron chi connectivity index (χ4n) is 16.0. The normalized spacial score (nSPS) is 16.2. The summed E-state index contributed by atoms with van der Waals surface area (Å²) in [5, 5.41) is 0. The lowest BCUT2D eigenvalue weighted by Crippen LogP contribution is -2.23. The first-order chi connectivity index (χ1) is 40.4. The van der Waals surface area contributed by atoms with E-state index in [1.165, 1.54) is 134 Å². The van der Waals surface area contributed by atoms with Crippen LogP contribution in [0.15, 0.2) is 133 Å². The summed E-state index contributed by atoms with van der Waals surface area (Å²) in [5.41, 5.74) is 30.5. The molecule has 0 fully saturated rings. The van der Waals surface area contributed by atoms with Crippen LogP contribution in [0.25, 0.3) is 93.1 Å². The van der Waals surface area contributed by atoms with Crippen LogP contribution in [0.4, 0.5) is 0 Å². The molecule has 5 aliphatic carbocycles. The van der Waals surface area contributed by atoms with E-state index in [4.69, 9.17) is 0 Å². The number of fused-ring (bicyclic) bond motifs is 12. The Labute approximate surface area is 564 Å². The predicted molar refractivity (Wildman–Crippen MR) is 390 cm³/mol. The summed E-state index contributed by atoms with van der Waals surface area (Å²) in [4.78, 5) is 0. The fraction of sp³-hybridized carbons (Fsp3) is 0.263. The van der Waals surface area contributed by atoms with E-state index in [2.05, 4.69) is 328 Å². The summed E-state index contributed by atoms with van der Waals surface area (Å²) in [6.07, 6.45) is 26.5. The number of benzene rings is 8. The zero-order chi connectivity index (χ0) is 59.1. The lowest BCUT2D eigenvalue weighted by Gasteiger charge is -2.30. The summed E-state index contributed by atoms with van der Waals surface area (Å²) in [6.45, 7) is 18.9. The molecule has 0 amide bonds. The first-order valence-electron chi connectivity index (χ1n) is 29.9. The molecule has 0 nitrogen and oxygen atoms in total. The van der Waals surface area contributed by atoms with Crippen molar-refractivity contribution in [3.8, 4) is 44.5 Å². The highest BCUT2D eigenvalue weighted by molar-refractivity contribution is 9.11. The third-order valence-corrected chi connectivity index (χ3v) is 26.5. The van der Waals surface area contributed by atoms with Crippen molar-refractivity contribution in [1.82, 2.24) is 0 Å². The van der Waals surface area contributed by atoms with Crippen molar-refractivity contribution in [3.63, 3.8) is 0 Å². The van der Waals surface area contributed by atoms with Crippen LogP contribution in [0, 0.1) is 0 Å². The molecule has 0 atom stereocenters. The average Bonchev–Trinajstić information content (AvgIpc) is 3.16. The quantitative estimate of drug-likeness (QED) is 0.142. The number of halogens is 8. The molecule has 0 radical (unpaired) electrons. The molecule has 16 bridgehead atoms. The molecule has 0 saturated heterocycles. The van der Waals surface area contributed by atoms with E-state index < -0.39 is 0 Å². The van der Waals surface area contributed by atoms with Gasteiger partial charge in [0.25, 0.3) is 0 Å². The third-order valence-electron chi connectivity index (χ3n) is 21.0. The topological polar surface area (TPSA) is 0 Å². The van der Waals surface area contributed by atoms with E-state index in [1.54, 1.807) is 0 Å². The van der Waals surface area contributed by atoms with Crippen molar-refractivity contribution in [2.45, 2.75) is 128 Å². The minimum atomic E-state index is -0.139. The van der Waals surface area contributed by atoms with Crippen molar-refractivity contribution in [1.29, 1.82) is 0 Å². The average molecular weight is 1620 g/mol. The molecular formula is C76H64Br8. The zero-order valence-electron chi connectivity index (χ0n) is 48.5. The van der Waals surface area contributed by atoms with Crippen LogP contribution >= 0.6 is 127 Å². The molecule has 84 heavy (non-hydrogen) atoms. The molecule has 0 aromatic heterocycles. The van der Waals surface area contributed by atoms with Crippen molar-refractivity contribution in [2.24, 2.45) is 0 Å². The van der Waals surface area contributed by atoms with Crippen LogP contribution in [-0.4, -0.2) is 0 Å². The number of rotatable bonds is 8. The van der Waals surface area contributed by atoms with Crippen molar-refractivity contribution in [2.75, 3.05) is 0 Å². The standard InChI is InChI=1S/C76H64Br8/c1-9-73(10-2)57-25-41-17-19-43-27-59-51(35-67(43)79)53-37-69(81)45(29-61(53)74(59,11-3)12-4)21-23-47-31-63-55(39-71(47)83)56-40-72(84)48(32-64(56)76(63,15-7)16-8)24-22-46-30-62-54(38-70(46)82)52-36-68(80)44(28-60(52)75(62,13-5)14-6)20-18-42-26-58(73)50(34-66(42)78)49(57)33-65(41)77/h17-40H,9-16H2,1-8H3. The molecule has 5 aliphatic rings. The van der Waals surface area contributed by atoms with Gasteiger partial charge in [0.15, 0.2) is 0 Å². The van der Waals surface area contributed by atoms with Gasteiger partial charge in [-0.25, -0.2) is 0 Å². The summed E-state index contributed by atoms with van der Waals surface area (Å²) < 4.78 is 8.74. The van der Waals surface area contributed by atoms with Gasteiger partial charge in [-0.2, -0.15) is 0 Å². The van der Waals surface area contributed by atoms with Gasteiger partial charge in [0.2, 0.25) is 0 Å². The second-order valence-electron chi connectivity index (χ2n) is 23.8. The molecule has 0 spiro atoms. The second-order valence-corrected chi connectivity index (χ2v) is 30.7. The Balaban J connectivity index is 0.993. The van der Waals surface area contributed by atoms with E-state index in [0.717, 1.165) is 87.1 Å². The van der Waals surface area contributed by atoms with E-state index in [9.17, 15) is 0 Å². The molecule has 0 unspecified atom stereocenters. The Kier molecular flexibility index (Phi) is 15.8. The molecule has 8 heteroatoms. The van der Waals surface area contributed by atoms with Gasteiger partial charge in [0, 0.05) is 57.4 Å². The molecular weight excluding hydrogens is 1550 g/mol. The third kappa shape index (κ3) is 8.74. The lowest BCUT2D eigenvalue weighted by molar-refractivity contribution is 0.490. The van der Waals surface area contributed by atoms with E-state index in [-0.39, 0.29) is 21.7 Å². The Morgan fingerprint density at radius 3 is 0.393 bits per heavy atom. The Morgan fingerprint density at radius 1 is 0.190 bits per heavy atom. The van der Waals surface area contributed by atoms with Gasteiger partial charge >= 0.3 is 0 Å². The molecule has 8 aromatic rings. The van der Waals surface area contributed by atoms with Gasteiger partial charge < -0.3 is 0 Å². The highest BCUT2D eigenvalue weighted by Gasteiger charge is 2.46. The maximum Gasteiger partial charge on any atom is 0.0254 e. The zero-order valence-corrected chi connectivity index (χ0v) is 61.2. The molecule has 0 saturated carbocycles. The van der Waals surface area contributed by atoms with Gasteiger partial charge in [-0.05, 0) is 282 Å². The maximum atomic E-state index is 4.11. The van der Waals surface area contributed by atoms with Crippen molar-refractivity contribution < 1.29 is 0 Å². The largest absolute Gasteiger partial charge is 0.0642 e. The van der Waals surface area contributed by atoms with Crippen molar-refractivity contribution in [3.05, 3.63) is 222 Å². The van der Waals surface area contributed by atoms with E-state index in [1.807, 2.05) is 0 Å². The first kappa shape index (κ1) is 59.5. The monoisotopic (exact) mass is 1610 g/mol. The summed E-state index contributed by atoms with van der Waals surface area (Å²) in [6, 6.07) is 38.7. The van der Waals surface area contributed by atoms with E-state index >= 15 is 0 Å². The second kappa shape index (κ2) is 22.2. The summed E-state index contributed by atoms with van der Waals surface area (Å²) >= 11 is 32.8. The van der Waals surface area contributed by atoms with Gasteiger partial charge in [-0.15, -0.1) is 0 Å². The molecule has 424 valence electrons. The van der Waals surface area contributed by atoms with Crippen molar-refractivity contribution >= 4 is 176 Å². The lowest BCUT2D eigenvalue weighted by atomic mass is 9.73. The fourth-order valence-corrected chi connectivity index (χ4v) is 19.8. The maximum absolute atomic E-state index is 4.11. The van der Waals surface area contributed by atoms with Crippen LogP contribution in [0.3, 0.4) is 0 Å². The van der Waals surface area contributed by atoms with Gasteiger partial charge in [-0.3, -0.25) is 0 Å². The Hall–Kier alpha value is -3.44. The highest BCUT2D eigenvalue weighted by Crippen LogP contribution is 2.60. The Bertz CT molecular complexity index is 3480. The molecule has 0 heterocycles. The summed E-state index contributed by atoms with van der Waals surface area (Å²) in [5.74, 6) is 0.